The van der Waals surface area contributed by atoms with Crippen LogP contribution < -0.4 is 4.72 Å². The van der Waals surface area contributed by atoms with E-state index in [1.165, 1.54) is 0 Å². The van der Waals surface area contributed by atoms with E-state index in [0.717, 1.165) is 24.0 Å². The molecule has 1 aliphatic carbocycles. The van der Waals surface area contributed by atoms with Gasteiger partial charge in [-0.05, 0) is 37.0 Å². The highest BCUT2D eigenvalue weighted by molar-refractivity contribution is 7.93. The molecule has 118 valence electrons. The van der Waals surface area contributed by atoms with Crippen molar-refractivity contribution in [2.75, 3.05) is 11.8 Å². The average molecular weight is 321 g/mol. The summed E-state index contributed by atoms with van der Waals surface area (Å²) < 4.78 is 33.1. The lowest BCUT2D eigenvalue weighted by Gasteiger charge is -2.19. The zero-order valence-electron chi connectivity index (χ0n) is 12.3. The number of rotatable bonds is 5. The van der Waals surface area contributed by atoms with Crippen molar-refractivity contribution in [3.63, 3.8) is 0 Å². The smallest absolute Gasteiger partial charge is 0.238 e. The number of anilines is 1. The average Bonchev–Trinajstić information content (AvgIpc) is 3.18. The van der Waals surface area contributed by atoms with Crippen LogP contribution in [0.25, 0.3) is 11.1 Å². The van der Waals surface area contributed by atoms with Crippen molar-refractivity contribution in [3.05, 3.63) is 36.7 Å². The molecule has 1 aromatic heterocycles. The van der Waals surface area contributed by atoms with E-state index < -0.39 is 15.3 Å². The van der Waals surface area contributed by atoms with E-state index in [-0.39, 0.29) is 6.10 Å². The van der Waals surface area contributed by atoms with Crippen LogP contribution >= 0.6 is 0 Å². The molecule has 2 atom stereocenters. The lowest BCUT2D eigenvalue weighted by atomic mass is 10.1. The van der Waals surface area contributed by atoms with Gasteiger partial charge in [0.25, 0.3) is 0 Å². The van der Waals surface area contributed by atoms with Crippen LogP contribution in [0.4, 0.5) is 5.69 Å². The Bertz CT molecular complexity index is 728. The second kappa shape index (κ2) is 6.10. The Hall–Kier alpha value is -1.86. The first kappa shape index (κ1) is 15.1. The maximum absolute atomic E-state index is 12.6. The number of H-pyrrole nitrogens is 1. The molecule has 0 spiro atoms. The number of ether oxygens (including phenoxy) is 1. The summed E-state index contributed by atoms with van der Waals surface area (Å²) >= 11 is 0. The van der Waals surface area contributed by atoms with Gasteiger partial charge in [-0.25, -0.2) is 8.42 Å². The Morgan fingerprint density at radius 2 is 2.18 bits per heavy atom. The molecule has 1 fully saturated rings. The third-order valence-corrected chi connectivity index (χ3v) is 5.90. The van der Waals surface area contributed by atoms with Crippen LogP contribution in [0.15, 0.2) is 36.7 Å². The molecule has 1 aliphatic rings. The second-order valence-electron chi connectivity index (χ2n) is 5.46. The number of nitrogens with zero attached hydrogens (tertiary/aromatic N) is 1. The molecule has 0 saturated heterocycles. The SMILES string of the molecule is COC1CCCC1S(=O)(=O)Nc1cccc(-c2cn[nH]c2)c1. The predicted molar refractivity (Wildman–Crippen MR) is 85.0 cm³/mol. The second-order valence-corrected chi connectivity index (χ2v) is 7.36. The maximum Gasteiger partial charge on any atom is 0.238 e. The fourth-order valence-electron chi connectivity index (χ4n) is 2.93. The summed E-state index contributed by atoms with van der Waals surface area (Å²) in [6.07, 6.45) is 5.54. The third kappa shape index (κ3) is 3.00. The molecule has 0 radical (unpaired) electrons. The van der Waals surface area contributed by atoms with Crippen molar-refractivity contribution < 1.29 is 13.2 Å². The molecule has 7 heteroatoms. The van der Waals surface area contributed by atoms with Gasteiger partial charge in [0, 0.05) is 24.6 Å². The van der Waals surface area contributed by atoms with Crippen molar-refractivity contribution in [1.82, 2.24) is 10.2 Å². The van der Waals surface area contributed by atoms with E-state index in [0.29, 0.717) is 12.1 Å². The number of aromatic nitrogens is 2. The molecule has 6 nitrogen and oxygen atoms in total. The molecular weight excluding hydrogens is 302 g/mol. The normalized spacial score (nSPS) is 21.9. The van der Waals surface area contributed by atoms with Crippen molar-refractivity contribution >= 4 is 15.7 Å². The van der Waals surface area contributed by atoms with Gasteiger partial charge in [-0.2, -0.15) is 5.10 Å². The highest BCUT2D eigenvalue weighted by Gasteiger charge is 2.37. The molecule has 0 bridgehead atoms. The summed E-state index contributed by atoms with van der Waals surface area (Å²) in [5, 5.41) is 6.16. The quantitative estimate of drug-likeness (QED) is 0.885. The van der Waals surface area contributed by atoms with Gasteiger partial charge in [0.05, 0.1) is 12.3 Å². The fourth-order valence-corrected chi connectivity index (χ4v) is 4.66. The van der Waals surface area contributed by atoms with E-state index >= 15 is 0 Å². The Balaban J connectivity index is 1.82. The van der Waals surface area contributed by atoms with Gasteiger partial charge in [0.15, 0.2) is 0 Å². The van der Waals surface area contributed by atoms with Gasteiger partial charge in [0.1, 0.15) is 5.25 Å². The standard InChI is InChI=1S/C15H19N3O3S/c1-21-14-6-3-7-15(14)22(19,20)18-13-5-2-4-11(8-13)12-9-16-17-10-12/h2,4-5,8-10,14-15,18H,3,6-7H2,1H3,(H,16,17). The molecule has 22 heavy (non-hydrogen) atoms. The summed E-state index contributed by atoms with van der Waals surface area (Å²) in [5.41, 5.74) is 2.38. The summed E-state index contributed by atoms with van der Waals surface area (Å²) in [7, 11) is -1.89. The van der Waals surface area contributed by atoms with E-state index in [1.54, 1.807) is 31.6 Å². The molecule has 2 N–H and O–H groups in total. The Labute approximate surface area is 129 Å². The van der Waals surface area contributed by atoms with Crippen LogP contribution in [0.5, 0.6) is 0 Å². The molecule has 2 aromatic rings. The Morgan fingerprint density at radius 1 is 1.32 bits per heavy atom. The zero-order chi connectivity index (χ0) is 15.6. The molecule has 0 aliphatic heterocycles. The minimum absolute atomic E-state index is 0.227. The van der Waals surface area contributed by atoms with E-state index in [4.69, 9.17) is 4.74 Å². The minimum Gasteiger partial charge on any atom is -0.380 e. The van der Waals surface area contributed by atoms with Crippen LogP contribution in [0, 0.1) is 0 Å². The summed E-state index contributed by atoms with van der Waals surface area (Å²) in [4.78, 5) is 0. The molecule has 3 rings (SSSR count). The third-order valence-electron chi connectivity index (χ3n) is 4.05. The first-order chi connectivity index (χ1) is 10.6. The Morgan fingerprint density at radius 3 is 2.91 bits per heavy atom. The molecule has 2 unspecified atom stereocenters. The lowest BCUT2D eigenvalue weighted by molar-refractivity contribution is 0.111. The number of methoxy groups -OCH3 is 1. The first-order valence-electron chi connectivity index (χ1n) is 7.24. The van der Waals surface area contributed by atoms with Gasteiger partial charge < -0.3 is 4.74 Å². The van der Waals surface area contributed by atoms with Gasteiger partial charge in [-0.15, -0.1) is 0 Å². The van der Waals surface area contributed by atoms with Crippen molar-refractivity contribution in [1.29, 1.82) is 0 Å². The number of benzene rings is 1. The van der Waals surface area contributed by atoms with Crippen LogP contribution in [0.3, 0.4) is 0 Å². The fraction of sp³-hybridized carbons (Fsp3) is 0.400. The number of hydrogen-bond donors (Lipinski definition) is 2. The zero-order valence-corrected chi connectivity index (χ0v) is 13.1. The van der Waals surface area contributed by atoms with Gasteiger partial charge >= 0.3 is 0 Å². The minimum atomic E-state index is -3.46. The van der Waals surface area contributed by atoms with Crippen LogP contribution in [-0.2, 0) is 14.8 Å². The Kier molecular flexibility index (Phi) is 4.17. The number of nitrogens with one attached hydrogen (secondary N) is 2. The molecule has 1 aromatic carbocycles. The van der Waals surface area contributed by atoms with E-state index in [9.17, 15) is 8.42 Å². The van der Waals surface area contributed by atoms with Crippen LogP contribution in [0.1, 0.15) is 19.3 Å². The lowest BCUT2D eigenvalue weighted by Crippen LogP contribution is -2.35. The maximum atomic E-state index is 12.6. The topological polar surface area (TPSA) is 84.1 Å². The summed E-state index contributed by atoms with van der Waals surface area (Å²) in [6.45, 7) is 0. The van der Waals surface area contributed by atoms with E-state index in [1.807, 2.05) is 12.1 Å². The van der Waals surface area contributed by atoms with Crippen molar-refractivity contribution in [2.45, 2.75) is 30.6 Å². The summed E-state index contributed by atoms with van der Waals surface area (Å²) in [6, 6.07) is 7.29. The first-order valence-corrected chi connectivity index (χ1v) is 8.78. The molecule has 1 saturated carbocycles. The van der Waals surface area contributed by atoms with Crippen molar-refractivity contribution in [2.24, 2.45) is 0 Å². The van der Waals surface area contributed by atoms with Crippen LogP contribution in [0.2, 0.25) is 0 Å². The molecule has 1 heterocycles. The largest absolute Gasteiger partial charge is 0.380 e. The number of aromatic amines is 1. The highest BCUT2D eigenvalue weighted by atomic mass is 32.2. The monoisotopic (exact) mass is 321 g/mol. The summed E-state index contributed by atoms with van der Waals surface area (Å²) in [5.74, 6) is 0. The van der Waals surface area contributed by atoms with Gasteiger partial charge in [-0.3, -0.25) is 9.82 Å². The van der Waals surface area contributed by atoms with Crippen molar-refractivity contribution in [3.8, 4) is 11.1 Å². The predicted octanol–water partition coefficient (Wildman–Crippen LogP) is 2.39. The highest BCUT2D eigenvalue weighted by Crippen LogP contribution is 2.29. The molecule has 0 amide bonds. The van der Waals surface area contributed by atoms with E-state index in [2.05, 4.69) is 14.9 Å². The molecular formula is C15H19N3O3S. The van der Waals surface area contributed by atoms with Gasteiger partial charge in [-0.1, -0.05) is 12.1 Å². The number of hydrogen-bond acceptors (Lipinski definition) is 4. The number of sulfonamides is 1. The van der Waals surface area contributed by atoms with Gasteiger partial charge in [0.2, 0.25) is 10.0 Å². The van der Waals surface area contributed by atoms with Crippen LogP contribution in [-0.4, -0.2) is 37.1 Å².